The number of fused-ring (bicyclic) bond motifs is 1. The van der Waals surface area contributed by atoms with Crippen molar-refractivity contribution < 1.29 is 42.0 Å². The van der Waals surface area contributed by atoms with Crippen LogP contribution in [-0.2, 0) is 14.3 Å². The van der Waals surface area contributed by atoms with E-state index in [2.05, 4.69) is 15.5 Å². The summed E-state index contributed by atoms with van der Waals surface area (Å²) in [4.78, 5) is 28.2. The summed E-state index contributed by atoms with van der Waals surface area (Å²) in [6, 6.07) is 13.7. The van der Waals surface area contributed by atoms with Gasteiger partial charge in [0.05, 0.1) is 38.4 Å². The third-order valence-electron chi connectivity index (χ3n) is 8.26. The Labute approximate surface area is 269 Å². The third-order valence-corrected chi connectivity index (χ3v) is 8.26. The van der Waals surface area contributed by atoms with E-state index in [-0.39, 0.29) is 22.7 Å². The van der Waals surface area contributed by atoms with E-state index in [1.807, 2.05) is 0 Å². The molecule has 0 spiro atoms. The van der Waals surface area contributed by atoms with Gasteiger partial charge in [-0.15, -0.1) is 0 Å². The molecule has 13 heteroatoms. The first-order valence-corrected chi connectivity index (χ1v) is 15.3. The molecule has 0 bridgehead atoms. The lowest BCUT2D eigenvalue weighted by Gasteiger charge is -2.26. The third kappa shape index (κ3) is 7.21. The summed E-state index contributed by atoms with van der Waals surface area (Å²) in [5, 5.41) is 18.3. The molecule has 2 heterocycles. The van der Waals surface area contributed by atoms with Gasteiger partial charge in [0.1, 0.15) is 17.0 Å². The lowest BCUT2D eigenvalue weighted by molar-refractivity contribution is -0.577. The molecule has 246 valence electrons. The van der Waals surface area contributed by atoms with E-state index in [9.17, 15) is 19.2 Å². The number of ether oxygens (including phenoxy) is 4. The predicted octanol–water partition coefficient (Wildman–Crippen LogP) is 5.01. The summed E-state index contributed by atoms with van der Waals surface area (Å²) in [6.45, 7) is 4.49. The predicted molar refractivity (Wildman–Crippen MR) is 169 cm³/mol. The van der Waals surface area contributed by atoms with Crippen LogP contribution in [0.1, 0.15) is 19.3 Å². The number of pyridine rings is 1. The Kier molecular flexibility index (Phi) is 9.36. The molecule has 0 radical (unpaired) electrons. The lowest BCUT2D eigenvalue weighted by atomic mass is 10.0. The number of carbonyl (C=O) groups excluding carboxylic acids is 2. The molecular weight excluding hydrogens is 614 g/mol. The first kappa shape index (κ1) is 32.0. The molecule has 2 amide bonds. The second-order valence-electron chi connectivity index (χ2n) is 11.4. The van der Waals surface area contributed by atoms with Crippen molar-refractivity contribution in [3.63, 3.8) is 0 Å². The highest BCUT2D eigenvalue weighted by Gasteiger charge is 2.56. The molecule has 0 atom stereocenters. The van der Waals surface area contributed by atoms with E-state index >= 15 is 4.39 Å². The van der Waals surface area contributed by atoms with Gasteiger partial charge in [-0.1, -0.05) is 0 Å². The van der Waals surface area contributed by atoms with Gasteiger partial charge < -0.3 is 34.8 Å². The number of amides is 2. The van der Waals surface area contributed by atoms with Crippen molar-refractivity contribution in [1.29, 1.82) is 0 Å². The molecule has 3 aromatic carbocycles. The van der Waals surface area contributed by atoms with E-state index in [0.717, 1.165) is 45.3 Å². The van der Waals surface area contributed by atoms with Crippen molar-refractivity contribution in [2.75, 3.05) is 57.2 Å². The molecule has 1 aliphatic carbocycles. The Morgan fingerprint density at radius 3 is 2.30 bits per heavy atom. The lowest BCUT2D eigenvalue weighted by Crippen LogP contribution is -2.37. The highest BCUT2D eigenvalue weighted by Crippen LogP contribution is 2.47. The van der Waals surface area contributed by atoms with Gasteiger partial charge >= 0.3 is 0 Å². The summed E-state index contributed by atoms with van der Waals surface area (Å²) >= 11 is 0. The van der Waals surface area contributed by atoms with E-state index < -0.39 is 28.9 Å². The van der Waals surface area contributed by atoms with Crippen LogP contribution in [0.3, 0.4) is 0 Å². The summed E-state index contributed by atoms with van der Waals surface area (Å²) < 4.78 is 51.9. The number of halogens is 2. The molecule has 47 heavy (non-hydrogen) atoms. The number of carbonyl (C=O) groups is 2. The molecule has 2 fully saturated rings. The van der Waals surface area contributed by atoms with E-state index in [1.54, 1.807) is 12.1 Å². The van der Waals surface area contributed by atoms with Crippen LogP contribution in [0.2, 0.25) is 0 Å². The van der Waals surface area contributed by atoms with Crippen LogP contribution in [0.25, 0.3) is 10.9 Å². The van der Waals surface area contributed by atoms with Crippen LogP contribution in [-0.4, -0.2) is 63.3 Å². The second-order valence-corrected chi connectivity index (χ2v) is 11.4. The Hall–Kier alpha value is -5.01. The number of rotatable bonds is 12. The molecule has 2 aliphatic rings. The molecule has 2 N–H and O–H groups in total. The number of nitrogens with zero attached hydrogens (tertiary/aromatic N) is 2. The van der Waals surface area contributed by atoms with Gasteiger partial charge in [0.2, 0.25) is 17.3 Å². The van der Waals surface area contributed by atoms with E-state index in [1.165, 1.54) is 55.8 Å². The van der Waals surface area contributed by atoms with Crippen molar-refractivity contribution in [2.24, 2.45) is 5.41 Å². The van der Waals surface area contributed by atoms with Gasteiger partial charge in [-0.05, 0) is 55.7 Å². The van der Waals surface area contributed by atoms with Crippen LogP contribution >= 0.6 is 0 Å². The van der Waals surface area contributed by atoms with Crippen molar-refractivity contribution in [2.45, 2.75) is 19.3 Å². The van der Waals surface area contributed by atoms with Crippen molar-refractivity contribution in [3.8, 4) is 23.0 Å². The number of hydrogen-bond donors (Lipinski definition) is 2. The van der Waals surface area contributed by atoms with Crippen LogP contribution in [0.4, 0.5) is 20.2 Å². The average Bonchev–Trinajstić information content (AvgIpc) is 3.89. The van der Waals surface area contributed by atoms with Crippen LogP contribution in [0.15, 0.2) is 66.9 Å². The van der Waals surface area contributed by atoms with Gasteiger partial charge in [0.15, 0.2) is 29.3 Å². The highest BCUT2D eigenvalue weighted by molar-refractivity contribution is 6.16. The standard InChI is InChI=1S/C34H34F2N4O7/c1-44-30-20-25-27(21-31(30)46-16-2-12-39-14-17-45-18-15-39)40(43)13-9-28(25)47-29-8-7-24(19-26(29)36)38-33(42)34(10-11-34)32(41)37-23-5-3-22(35)4-6-23/h3-9,13,19-21H,2,10-12,14-18H2,1H3,(H,37,41)(H,38,42). The number of morpholine rings is 1. The number of aromatic nitrogens is 1. The molecule has 1 aliphatic heterocycles. The molecule has 0 unspecified atom stereocenters. The minimum Gasteiger partial charge on any atom is -0.618 e. The zero-order chi connectivity index (χ0) is 33.0. The first-order valence-electron chi connectivity index (χ1n) is 15.3. The maximum atomic E-state index is 15.3. The molecule has 4 aromatic rings. The van der Waals surface area contributed by atoms with Crippen LogP contribution in [0, 0.1) is 22.3 Å². The maximum Gasteiger partial charge on any atom is 0.240 e. The smallest absolute Gasteiger partial charge is 0.240 e. The minimum absolute atomic E-state index is 0.133. The SMILES string of the molecule is COc1cc2c(Oc3ccc(NC(=O)C4(C(=O)Nc5ccc(F)cc5)CC4)cc3F)cc[n+]([O-])c2cc1OCCCN1CCOCC1. The summed E-state index contributed by atoms with van der Waals surface area (Å²) in [7, 11) is 1.49. The van der Waals surface area contributed by atoms with E-state index in [4.69, 9.17) is 18.9 Å². The zero-order valence-corrected chi connectivity index (χ0v) is 25.7. The Morgan fingerprint density at radius 2 is 1.62 bits per heavy atom. The summed E-state index contributed by atoms with van der Waals surface area (Å²) in [6.07, 6.45) is 2.68. The molecule has 1 saturated heterocycles. The van der Waals surface area contributed by atoms with Gasteiger partial charge in [-0.25, -0.2) is 8.78 Å². The topological polar surface area (TPSA) is 125 Å². The molecular formula is C34H34F2N4O7. The minimum atomic E-state index is -1.30. The Balaban J connectivity index is 1.12. The van der Waals surface area contributed by atoms with E-state index in [0.29, 0.717) is 46.8 Å². The fourth-order valence-corrected chi connectivity index (χ4v) is 5.39. The number of nitrogens with one attached hydrogen (secondary N) is 2. The fraction of sp³-hybridized carbons (Fsp3) is 0.324. The number of methoxy groups -OCH3 is 1. The van der Waals surface area contributed by atoms with Gasteiger partial charge in [0.25, 0.3) is 0 Å². The molecule has 1 saturated carbocycles. The number of anilines is 2. The largest absolute Gasteiger partial charge is 0.618 e. The van der Waals surface area contributed by atoms with Crippen molar-refractivity contribution in [1.82, 2.24) is 4.90 Å². The zero-order valence-electron chi connectivity index (χ0n) is 25.7. The normalized spacial score (nSPS) is 15.6. The Morgan fingerprint density at radius 1 is 0.915 bits per heavy atom. The Bertz CT molecular complexity index is 1780. The van der Waals surface area contributed by atoms with Gasteiger partial charge in [-0.3, -0.25) is 14.5 Å². The van der Waals surface area contributed by atoms with Gasteiger partial charge in [0, 0.05) is 49.2 Å². The number of hydrogen-bond acceptors (Lipinski definition) is 8. The van der Waals surface area contributed by atoms with Crippen LogP contribution < -0.4 is 29.6 Å². The fourth-order valence-electron chi connectivity index (χ4n) is 5.39. The monoisotopic (exact) mass is 648 g/mol. The van der Waals surface area contributed by atoms with Crippen LogP contribution in [0.5, 0.6) is 23.0 Å². The molecule has 1 aromatic heterocycles. The quantitative estimate of drug-likeness (QED) is 0.0951. The summed E-state index contributed by atoms with van der Waals surface area (Å²) in [5.74, 6) is -1.49. The second kappa shape index (κ2) is 13.8. The van der Waals surface area contributed by atoms with Crippen molar-refractivity contribution >= 4 is 34.1 Å². The average molecular weight is 649 g/mol. The van der Waals surface area contributed by atoms with Crippen molar-refractivity contribution in [3.05, 3.63) is 83.7 Å². The first-order chi connectivity index (χ1) is 22.8. The van der Waals surface area contributed by atoms with Gasteiger partial charge in [-0.2, -0.15) is 4.73 Å². The maximum absolute atomic E-state index is 15.3. The highest BCUT2D eigenvalue weighted by atomic mass is 19.1. The number of benzene rings is 3. The molecule has 11 nitrogen and oxygen atoms in total. The summed E-state index contributed by atoms with van der Waals surface area (Å²) in [5.41, 5.74) is -0.571. The molecule has 6 rings (SSSR count).